The van der Waals surface area contributed by atoms with Gasteiger partial charge >= 0.3 is 7.69 Å². The summed E-state index contributed by atoms with van der Waals surface area (Å²) in [5.74, 6) is 0.503. The summed E-state index contributed by atoms with van der Waals surface area (Å²) in [6, 6.07) is 10.1. The standard InChI is InChI=1S/C27H40BN5O5/c1-16(2)29-26(30-17(3)4)31-21-15-19(13-14-23(21)38-28-36)25(35)33(27(6,7)8)32-24(34)20-11-10-12-22(37-9)18(20)5/h10-17,28,36H,1-9H3,(H,32,34)(H2,29,30,31). The van der Waals surface area contributed by atoms with Gasteiger partial charge in [0.2, 0.25) is 0 Å². The van der Waals surface area contributed by atoms with Crippen molar-refractivity contribution < 1.29 is 24.0 Å². The number of benzene rings is 2. The number of hydrogen-bond acceptors (Lipinski definition) is 6. The first-order valence-corrected chi connectivity index (χ1v) is 12.6. The van der Waals surface area contributed by atoms with Gasteiger partial charge in [0.1, 0.15) is 17.2 Å². The Balaban J connectivity index is 2.51. The molecule has 0 spiro atoms. The van der Waals surface area contributed by atoms with Crippen LogP contribution in [-0.2, 0) is 0 Å². The average molecular weight is 525 g/mol. The largest absolute Gasteiger partial charge is 0.537 e. The van der Waals surface area contributed by atoms with E-state index in [9.17, 15) is 14.6 Å². The highest BCUT2D eigenvalue weighted by Gasteiger charge is 2.30. The predicted molar refractivity (Wildman–Crippen MR) is 151 cm³/mol. The van der Waals surface area contributed by atoms with E-state index in [0.29, 0.717) is 34.3 Å². The van der Waals surface area contributed by atoms with E-state index in [1.807, 2.05) is 48.5 Å². The van der Waals surface area contributed by atoms with Gasteiger partial charge in [-0.15, -0.1) is 0 Å². The number of carbonyl (C=O) groups is 2. The van der Waals surface area contributed by atoms with Crippen LogP contribution in [0.15, 0.2) is 41.4 Å². The van der Waals surface area contributed by atoms with Crippen LogP contribution in [-0.4, -0.2) is 60.2 Å². The van der Waals surface area contributed by atoms with Gasteiger partial charge in [-0.25, -0.2) is 10.0 Å². The highest BCUT2D eigenvalue weighted by atomic mass is 16.5. The van der Waals surface area contributed by atoms with E-state index in [1.165, 1.54) is 12.1 Å². The van der Waals surface area contributed by atoms with Crippen molar-refractivity contribution in [2.45, 2.75) is 73.0 Å². The molecule has 0 radical (unpaired) electrons. The first-order chi connectivity index (χ1) is 17.8. The fourth-order valence-corrected chi connectivity index (χ4v) is 3.60. The maximum Gasteiger partial charge on any atom is 0.504 e. The molecule has 0 heterocycles. The number of amides is 2. The van der Waals surface area contributed by atoms with Crippen molar-refractivity contribution in [2.24, 2.45) is 4.99 Å². The molecule has 0 unspecified atom stereocenters. The molecule has 2 aromatic rings. The monoisotopic (exact) mass is 525 g/mol. The molecule has 4 N–H and O–H groups in total. The molecule has 206 valence electrons. The third kappa shape index (κ3) is 8.14. The number of rotatable bonds is 8. The van der Waals surface area contributed by atoms with E-state index in [4.69, 9.17) is 9.39 Å². The van der Waals surface area contributed by atoms with Crippen molar-refractivity contribution in [1.29, 1.82) is 0 Å². The molecule has 0 bridgehead atoms. The fraction of sp³-hybridized carbons (Fsp3) is 0.444. The van der Waals surface area contributed by atoms with Crippen LogP contribution in [0.1, 0.15) is 74.7 Å². The van der Waals surface area contributed by atoms with Crippen LogP contribution in [0.4, 0.5) is 5.69 Å². The lowest BCUT2D eigenvalue weighted by Gasteiger charge is -2.35. The van der Waals surface area contributed by atoms with E-state index in [0.717, 1.165) is 0 Å². The normalized spacial score (nSPS) is 11.1. The number of carbonyl (C=O) groups excluding carboxylic acids is 2. The molecule has 0 atom stereocenters. The van der Waals surface area contributed by atoms with Crippen molar-refractivity contribution in [3.63, 3.8) is 0 Å². The van der Waals surface area contributed by atoms with E-state index in [2.05, 4.69) is 21.1 Å². The molecule has 2 rings (SSSR count). The molecule has 0 saturated heterocycles. The molecule has 2 aromatic carbocycles. The average Bonchev–Trinajstić information content (AvgIpc) is 2.81. The van der Waals surface area contributed by atoms with Crippen LogP contribution in [0.3, 0.4) is 0 Å². The molecule has 11 heteroatoms. The summed E-state index contributed by atoms with van der Waals surface area (Å²) in [6.45, 7) is 15.2. The van der Waals surface area contributed by atoms with Crippen molar-refractivity contribution in [1.82, 2.24) is 21.1 Å². The van der Waals surface area contributed by atoms with Crippen LogP contribution < -0.4 is 25.5 Å². The van der Waals surface area contributed by atoms with Gasteiger partial charge in [-0.05, 0) is 85.7 Å². The second-order valence-corrected chi connectivity index (χ2v) is 10.4. The van der Waals surface area contributed by atoms with Crippen LogP contribution in [0.25, 0.3) is 0 Å². The second-order valence-electron chi connectivity index (χ2n) is 10.4. The zero-order valence-electron chi connectivity index (χ0n) is 23.8. The highest BCUT2D eigenvalue weighted by Crippen LogP contribution is 2.30. The molecular formula is C27H40BN5O5. The maximum absolute atomic E-state index is 13.7. The Bertz CT molecular complexity index is 1150. The molecule has 0 aliphatic rings. The summed E-state index contributed by atoms with van der Waals surface area (Å²) in [5, 5.41) is 17.2. The number of hydrogen-bond donors (Lipinski definition) is 4. The Morgan fingerprint density at radius 2 is 1.66 bits per heavy atom. The van der Waals surface area contributed by atoms with E-state index in [-0.39, 0.29) is 17.6 Å². The molecule has 0 fully saturated rings. The first kappa shape index (κ1) is 30.5. The van der Waals surface area contributed by atoms with Gasteiger partial charge < -0.3 is 25.0 Å². The summed E-state index contributed by atoms with van der Waals surface area (Å²) >= 11 is 0. The Labute approximate surface area is 226 Å². The molecule has 0 aliphatic heterocycles. The lowest BCUT2D eigenvalue weighted by atomic mass is 10.0. The minimum absolute atomic E-state index is 0.0960. The summed E-state index contributed by atoms with van der Waals surface area (Å²) in [7, 11) is 0.989. The van der Waals surface area contributed by atoms with Gasteiger partial charge in [0.25, 0.3) is 11.8 Å². The number of hydrazine groups is 1. The molecule has 38 heavy (non-hydrogen) atoms. The SMILES string of the molecule is COc1cccc(C(=O)NN(C(=O)c2ccc(OBO)c(N=C(NC(C)C)NC(C)C)c2)C(C)(C)C)c1C. The lowest BCUT2D eigenvalue weighted by molar-refractivity contribution is 0.0358. The van der Waals surface area contributed by atoms with Gasteiger partial charge in [0, 0.05) is 28.8 Å². The Morgan fingerprint density at radius 1 is 1.03 bits per heavy atom. The summed E-state index contributed by atoms with van der Waals surface area (Å²) in [4.78, 5) is 31.6. The first-order valence-electron chi connectivity index (χ1n) is 12.6. The summed E-state index contributed by atoms with van der Waals surface area (Å²) in [5.41, 5.74) is 3.69. The van der Waals surface area contributed by atoms with Gasteiger partial charge in [0.05, 0.1) is 12.6 Å². The summed E-state index contributed by atoms with van der Waals surface area (Å²) < 4.78 is 10.7. The molecule has 0 aromatic heterocycles. The van der Waals surface area contributed by atoms with Crippen molar-refractivity contribution >= 4 is 31.1 Å². The molecule has 0 aliphatic carbocycles. The topological polar surface area (TPSA) is 125 Å². The number of aliphatic imine (C=N–C) groups is 1. The number of guanidine groups is 1. The van der Waals surface area contributed by atoms with Gasteiger partial charge in [-0.1, -0.05) is 6.07 Å². The van der Waals surface area contributed by atoms with Crippen LogP contribution in [0.5, 0.6) is 11.5 Å². The van der Waals surface area contributed by atoms with Gasteiger partial charge in [0.15, 0.2) is 5.96 Å². The van der Waals surface area contributed by atoms with Crippen molar-refractivity contribution in [2.75, 3.05) is 7.11 Å². The minimum Gasteiger partial charge on any atom is -0.537 e. The molecular weight excluding hydrogens is 485 g/mol. The smallest absolute Gasteiger partial charge is 0.504 e. The maximum atomic E-state index is 13.7. The predicted octanol–water partition coefficient (Wildman–Crippen LogP) is 3.21. The van der Waals surface area contributed by atoms with Crippen LogP contribution in [0.2, 0.25) is 0 Å². The molecule has 0 saturated carbocycles. The molecule has 10 nitrogen and oxygen atoms in total. The van der Waals surface area contributed by atoms with E-state index < -0.39 is 25.0 Å². The Morgan fingerprint density at radius 3 is 2.18 bits per heavy atom. The van der Waals surface area contributed by atoms with Gasteiger partial charge in [-0.2, -0.15) is 0 Å². The third-order valence-electron chi connectivity index (χ3n) is 5.34. The summed E-state index contributed by atoms with van der Waals surface area (Å²) in [6.07, 6.45) is 0. The van der Waals surface area contributed by atoms with Crippen LogP contribution >= 0.6 is 0 Å². The van der Waals surface area contributed by atoms with Crippen molar-refractivity contribution in [3.05, 3.63) is 53.1 Å². The zero-order chi connectivity index (χ0) is 28.6. The van der Waals surface area contributed by atoms with Crippen LogP contribution in [0, 0.1) is 6.92 Å². The highest BCUT2D eigenvalue weighted by molar-refractivity contribution is 6.17. The number of nitrogens with zero attached hydrogens (tertiary/aromatic N) is 2. The Hall–Kier alpha value is -3.73. The minimum atomic E-state index is -0.757. The fourth-order valence-electron chi connectivity index (χ4n) is 3.60. The lowest BCUT2D eigenvalue weighted by Crippen LogP contribution is -2.56. The number of nitrogens with one attached hydrogen (secondary N) is 3. The zero-order valence-corrected chi connectivity index (χ0v) is 23.8. The second kappa shape index (κ2) is 13.2. The quantitative estimate of drug-likeness (QED) is 0.181. The number of methoxy groups -OCH3 is 1. The van der Waals surface area contributed by atoms with E-state index in [1.54, 1.807) is 43.3 Å². The third-order valence-corrected chi connectivity index (χ3v) is 5.34. The Kier molecular flexibility index (Phi) is 10.6. The van der Waals surface area contributed by atoms with Crippen molar-refractivity contribution in [3.8, 4) is 11.5 Å². The molecule has 2 amide bonds. The van der Waals surface area contributed by atoms with Gasteiger partial charge in [-0.3, -0.25) is 15.0 Å². The van der Waals surface area contributed by atoms with E-state index >= 15 is 0 Å². The number of ether oxygens (including phenoxy) is 1.